The Morgan fingerprint density at radius 1 is 0.450 bits per heavy atom. The smallest absolute Gasteiger partial charge is 0.306 e. The Kier molecular flexibility index (Phi) is 32.5. The third kappa shape index (κ3) is 30.4. The number of carbonyl (C=O) groups excluding carboxylic acids is 1. The molecule has 0 aromatic rings. The number of aliphatic hydroxyl groups excluding tert-OH is 1. The fraction of sp³-hybridized carbons (Fsp3) is 0.973. The molecule has 3 nitrogen and oxygen atoms in total. The van der Waals surface area contributed by atoms with Crippen molar-refractivity contribution < 1.29 is 14.6 Å². The molecule has 0 amide bonds. The molecule has 0 aliphatic heterocycles. The second-order valence-corrected chi connectivity index (χ2v) is 12.8. The van der Waals surface area contributed by atoms with Gasteiger partial charge in [-0.05, 0) is 44.9 Å². The zero-order valence-electron chi connectivity index (χ0n) is 27.8. The minimum atomic E-state index is -0.115. The van der Waals surface area contributed by atoms with E-state index >= 15 is 0 Å². The van der Waals surface area contributed by atoms with Gasteiger partial charge in [-0.2, -0.15) is 0 Å². The van der Waals surface area contributed by atoms with E-state index in [9.17, 15) is 9.90 Å². The number of ether oxygens (including phenoxy) is 1. The molecule has 0 heterocycles. The molecule has 0 saturated heterocycles. The van der Waals surface area contributed by atoms with Crippen molar-refractivity contribution in [3.8, 4) is 0 Å². The van der Waals surface area contributed by atoms with E-state index in [-0.39, 0.29) is 18.2 Å². The molecule has 40 heavy (non-hydrogen) atoms. The quantitative estimate of drug-likeness (QED) is 0.0634. The van der Waals surface area contributed by atoms with Gasteiger partial charge in [-0.15, -0.1) is 0 Å². The summed E-state index contributed by atoms with van der Waals surface area (Å²) in [6.07, 6.45) is 37.7. The number of unbranched alkanes of at least 4 members (excludes halogenated alkanes) is 22. The minimum Gasteiger partial charge on any atom is -0.462 e. The van der Waals surface area contributed by atoms with Crippen molar-refractivity contribution >= 4 is 5.97 Å². The number of hydrogen-bond acceptors (Lipinski definition) is 3. The Hall–Kier alpha value is -0.570. The standard InChI is InChI=1S/C37H74O3/c1-4-7-10-13-15-17-22-27-32-36(33-28-23-18-16-14-11-8-5-2)40-37(39)34-29-24-19-21-26-31-35(38)30-25-20-12-9-6-3/h35-36,38H,4-34H2,1-3H3. The molecule has 0 rings (SSSR count). The van der Waals surface area contributed by atoms with Crippen LogP contribution in [0.5, 0.6) is 0 Å². The lowest BCUT2D eigenvalue weighted by Gasteiger charge is -2.18. The first kappa shape index (κ1) is 39.4. The van der Waals surface area contributed by atoms with Crippen molar-refractivity contribution in [2.45, 2.75) is 232 Å². The number of carbonyl (C=O) groups is 1. The minimum absolute atomic E-state index is 0.0302. The maximum Gasteiger partial charge on any atom is 0.306 e. The monoisotopic (exact) mass is 567 g/mol. The molecule has 240 valence electrons. The first-order valence-corrected chi connectivity index (χ1v) is 18.5. The molecular formula is C37H74O3. The van der Waals surface area contributed by atoms with Crippen LogP contribution >= 0.6 is 0 Å². The van der Waals surface area contributed by atoms with Crippen molar-refractivity contribution in [3.63, 3.8) is 0 Å². The van der Waals surface area contributed by atoms with E-state index in [1.54, 1.807) is 0 Å². The van der Waals surface area contributed by atoms with Crippen LogP contribution in [0.15, 0.2) is 0 Å². The molecule has 1 N–H and O–H groups in total. The second-order valence-electron chi connectivity index (χ2n) is 12.8. The van der Waals surface area contributed by atoms with Crippen molar-refractivity contribution in [1.82, 2.24) is 0 Å². The first-order valence-electron chi connectivity index (χ1n) is 18.5. The van der Waals surface area contributed by atoms with Crippen LogP contribution in [0.4, 0.5) is 0 Å². The van der Waals surface area contributed by atoms with E-state index in [1.165, 1.54) is 141 Å². The van der Waals surface area contributed by atoms with Gasteiger partial charge in [0.2, 0.25) is 0 Å². The van der Waals surface area contributed by atoms with Gasteiger partial charge in [-0.25, -0.2) is 0 Å². The van der Waals surface area contributed by atoms with E-state index in [0.29, 0.717) is 6.42 Å². The van der Waals surface area contributed by atoms with Gasteiger partial charge in [0.05, 0.1) is 6.10 Å². The SMILES string of the molecule is CCCCCCCCCCC(CCCCCCCCCC)OC(=O)CCCCCCCC(O)CCCCCCC. The van der Waals surface area contributed by atoms with E-state index in [1.807, 2.05) is 0 Å². The van der Waals surface area contributed by atoms with Gasteiger partial charge in [0.1, 0.15) is 6.10 Å². The maximum absolute atomic E-state index is 12.6. The maximum atomic E-state index is 12.6. The lowest BCUT2D eigenvalue weighted by atomic mass is 10.0. The zero-order chi connectivity index (χ0) is 29.4. The molecule has 0 aliphatic carbocycles. The summed E-state index contributed by atoms with van der Waals surface area (Å²) in [6, 6.07) is 0. The lowest BCUT2D eigenvalue weighted by molar-refractivity contribution is -0.150. The van der Waals surface area contributed by atoms with Crippen LogP contribution in [0.1, 0.15) is 220 Å². The molecule has 1 unspecified atom stereocenters. The fourth-order valence-electron chi connectivity index (χ4n) is 5.83. The summed E-state index contributed by atoms with van der Waals surface area (Å²) in [5.74, 6) is 0.0302. The van der Waals surface area contributed by atoms with Crippen LogP contribution < -0.4 is 0 Å². The predicted molar refractivity (Wildman–Crippen MR) is 176 cm³/mol. The van der Waals surface area contributed by atoms with Gasteiger partial charge in [0.25, 0.3) is 0 Å². The fourth-order valence-corrected chi connectivity index (χ4v) is 5.83. The number of hydrogen-bond donors (Lipinski definition) is 1. The van der Waals surface area contributed by atoms with Crippen molar-refractivity contribution in [2.75, 3.05) is 0 Å². The van der Waals surface area contributed by atoms with Gasteiger partial charge in [0.15, 0.2) is 0 Å². The summed E-state index contributed by atoms with van der Waals surface area (Å²) in [7, 11) is 0. The largest absolute Gasteiger partial charge is 0.462 e. The summed E-state index contributed by atoms with van der Waals surface area (Å²) in [5, 5.41) is 10.2. The van der Waals surface area contributed by atoms with Gasteiger partial charge < -0.3 is 9.84 Å². The van der Waals surface area contributed by atoms with Crippen LogP contribution in [0.2, 0.25) is 0 Å². The molecule has 0 fully saturated rings. The predicted octanol–water partition coefficient (Wildman–Crippen LogP) is 12.4. The molecule has 0 aliphatic rings. The van der Waals surface area contributed by atoms with Crippen LogP contribution in [0.3, 0.4) is 0 Å². The highest BCUT2D eigenvalue weighted by Crippen LogP contribution is 2.19. The average molecular weight is 567 g/mol. The van der Waals surface area contributed by atoms with Gasteiger partial charge in [-0.3, -0.25) is 4.79 Å². The summed E-state index contributed by atoms with van der Waals surface area (Å²) < 4.78 is 6.02. The second kappa shape index (κ2) is 32.9. The summed E-state index contributed by atoms with van der Waals surface area (Å²) in [4.78, 5) is 12.6. The van der Waals surface area contributed by atoms with Crippen LogP contribution in [0.25, 0.3) is 0 Å². The first-order chi connectivity index (χ1) is 19.6. The molecule has 0 aromatic carbocycles. The van der Waals surface area contributed by atoms with Crippen LogP contribution in [0, 0.1) is 0 Å². The van der Waals surface area contributed by atoms with Gasteiger partial charge in [0, 0.05) is 6.42 Å². The normalized spacial score (nSPS) is 12.3. The summed E-state index contributed by atoms with van der Waals surface area (Å²) in [5.41, 5.74) is 0. The molecule has 0 radical (unpaired) electrons. The van der Waals surface area contributed by atoms with E-state index in [4.69, 9.17) is 4.74 Å². The average Bonchev–Trinajstić information content (AvgIpc) is 2.95. The van der Waals surface area contributed by atoms with Crippen LogP contribution in [-0.2, 0) is 9.53 Å². The number of aliphatic hydroxyl groups is 1. The molecule has 0 saturated carbocycles. The van der Waals surface area contributed by atoms with Crippen molar-refractivity contribution in [1.29, 1.82) is 0 Å². The van der Waals surface area contributed by atoms with Gasteiger partial charge >= 0.3 is 5.97 Å². The Labute approximate surface area is 252 Å². The van der Waals surface area contributed by atoms with Crippen molar-refractivity contribution in [2.24, 2.45) is 0 Å². The molecule has 1 atom stereocenters. The third-order valence-electron chi connectivity index (χ3n) is 8.62. The highest BCUT2D eigenvalue weighted by molar-refractivity contribution is 5.69. The molecule has 3 heteroatoms. The topological polar surface area (TPSA) is 46.5 Å². The van der Waals surface area contributed by atoms with E-state index in [0.717, 1.165) is 51.4 Å². The summed E-state index contributed by atoms with van der Waals surface area (Å²) >= 11 is 0. The Morgan fingerprint density at radius 3 is 1.12 bits per heavy atom. The molecule has 0 bridgehead atoms. The zero-order valence-corrected chi connectivity index (χ0v) is 27.8. The Balaban J connectivity index is 4.02. The van der Waals surface area contributed by atoms with Gasteiger partial charge in [-0.1, -0.05) is 168 Å². The Morgan fingerprint density at radius 2 is 0.750 bits per heavy atom. The van der Waals surface area contributed by atoms with E-state index < -0.39 is 0 Å². The molecular weight excluding hydrogens is 492 g/mol. The number of rotatable bonds is 33. The third-order valence-corrected chi connectivity index (χ3v) is 8.62. The molecule has 0 aromatic heterocycles. The molecule has 0 spiro atoms. The Bertz CT molecular complexity index is 472. The van der Waals surface area contributed by atoms with Crippen molar-refractivity contribution in [3.05, 3.63) is 0 Å². The number of esters is 1. The van der Waals surface area contributed by atoms with E-state index in [2.05, 4.69) is 20.8 Å². The lowest BCUT2D eigenvalue weighted by Crippen LogP contribution is -2.18. The summed E-state index contributed by atoms with van der Waals surface area (Å²) in [6.45, 7) is 6.79. The highest BCUT2D eigenvalue weighted by Gasteiger charge is 2.14. The highest BCUT2D eigenvalue weighted by atomic mass is 16.5. The van der Waals surface area contributed by atoms with Crippen LogP contribution in [-0.4, -0.2) is 23.3 Å².